The Labute approximate surface area is 128 Å². The van der Waals surface area contributed by atoms with E-state index in [4.69, 9.17) is 19.9 Å². The molecule has 6 heteroatoms. The van der Waals surface area contributed by atoms with Gasteiger partial charge in [-0.25, -0.2) is 0 Å². The van der Waals surface area contributed by atoms with Gasteiger partial charge in [0.05, 0.1) is 6.61 Å². The predicted molar refractivity (Wildman–Crippen MR) is 76.6 cm³/mol. The molecule has 2 heterocycles. The van der Waals surface area contributed by atoms with E-state index in [1.807, 2.05) is 26.0 Å². The Morgan fingerprint density at radius 3 is 2.86 bits per heavy atom. The average Bonchev–Trinajstić information content (AvgIpc) is 2.76. The molecule has 6 nitrogen and oxygen atoms in total. The molecule has 3 fully saturated rings. The van der Waals surface area contributed by atoms with E-state index in [2.05, 4.69) is 6.08 Å². The molecule has 0 aromatic carbocycles. The lowest BCUT2D eigenvalue weighted by atomic mass is 9.88. The molecule has 22 heavy (non-hydrogen) atoms. The van der Waals surface area contributed by atoms with Gasteiger partial charge in [0.1, 0.15) is 23.9 Å². The Morgan fingerprint density at radius 2 is 2.18 bits per heavy atom. The third-order valence-corrected chi connectivity index (χ3v) is 5.22. The fourth-order valence-electron chi connectivity index (χ4n) is 4.23. The summed E-state index contributed by atoms with van der Waals surface area (Å²) in [6.07, 6.45) is 6.25. The quantitative estimate of drug-likeness (QED) is 0.721. The highest BCUT2D eigenvalue weighted by Gasteiger charge is 2.79. The summed E-state index contributed by atoms with van der Waals surface area (Å²) >= 11 is 0. The van der Waals surface area contributed by atoms with Crippen LogP contribution < -0.4 is 5.73 Å². The molecular formula is C16H21NO5. The normalized spacial score (nSPS) is 47.8. The number of aliphatic hydroxyl groups is 1. The second-order valence-electron chi connectivity index (χ2n) is 7.11. The molecule has 2 aliphatic heterocycles. The van der Waals surface area contributed by atoms with Gasteiger partial charge in [-0.1, -0.05) is 18.2 Å². The van der Waals surface area contributed by atoms with Crippen molar-refractivity contribution in [3.05, 3.63) is 23.8 Å². The van der Waals surface area contributed by atoms with Crippen molar-refractivity contribution in [2.75, 3.05) is 6.61 Å². The van der Waals surface area contributed by atoms with Crippen LogP contribution in [0.15, 0.2) is 23.8 Å². The number of rotatable bonds is 2. The fraction of sp³-hybridized carbons (Fsp3) is 0.688. The maximum Gasteiger partial charge on any atom is 0.244 e. The lowest BCUT2D eigenvalue weighted by Crippen LogP contribution is -2.36. The standard InChI is InChI=1S/C16H21NO5/c1-14(2)21-11-10(7-18)20-16(12(11)22-14)8-15(16)5-3-4-9(6-15)13(17)19/h3,5-6,10-12,18H,4,7-8H2,1-2H3,(H2,17,19)/t10?,11-,12-,15?,16?/m1/s1. The number of aliphatic hydroxyl groups excluding tert-OH is 1. The van der Waals surface area contributed by atoms with Gasteiger partial charge in [-0.15, -0.1) is 0 Å². The van der Waals surface area contributed by atoms with E-state index in [0.29, 0.717) is 18.4 Å². The molecule has 120 valence electrons. The van der Waals surface area contributed by atoms with Crippen LogP contribution in [0.2, 0.25) is 0 Å². The molecule has 5 atom stereocenters. The lowest BCUT2D eigenvalue weighted by Gasteiger charge is -2.27. The summed E-state index contributed by atoms with van der Waals surface area (Å²) in [5, 5.41) is 9.60. The van der Waals surface area contributed by atoms with Crippen molar-refractivity contribution >= 4 is 5.91 Å². The Balaban J connectivity index is 1.70. The smallest absolute Gasteiger partial charge is 0.244 e. The zero-order valence-corrected chi connectivity index (χ0v) is 12.7. The van der Waals surface area contributed by atoms with Crippen molar-refractivity contribution in [3.63, 3.8) is 0 Å². The van der Waals surface area contributed by atoms with Crippen molar-refractivity contribution in [1.29, 1.82) is 0 Å². The van der Waals surface area contributed by atoms with E-state index in [1.54, 1.807) is 0 Å². The molecule has 2 saturated heterocycles. The molecule has 2 aliphatic carbocycles. The van der Waals surface area contributed by atoms with Crippen LogP contribution in [-0.4, -0.2) is 47.3 Å². The van der Waals surface area contributed by atoms with Crippen molar-refractivity contribution in [2.24, 2.45) is 11.1 Å². The van der Waals surface area contributed by atoms with Crippen LogP contribution in [0, 0.1) is 5.41 Å². The molecule has 4 rings (SSSR count). The Hall–Kier alpha value is -1.21. The van der Waals surface area contributed by atoms with Gasteiger partial charge in [-0.2, -0.15) is 0 Å². The molecule has 0 aromatic heterocycles. The number of fused-ring (bicyclic) bond motifs is 3. The van der Waals surface area contributed by atoms with Gasteiger partial charge < -0.3 is 25.1 Å². The van der Waals surface area contributed by atoms with Gasteiger partial charge >= 0.3 is 0 Å². The number of primary amides is 1. The minimum atomic E-state index is -0.697. The zero-order chi connectivity index (χ0) is 15.8. The Morgan fingerprint density at radius 1 is 1.41 bits per heavy atom. The molecule has 1 amide bonds. The first kappa shape index (κ1) is 14.4. The first-order valence-electron chi connectivity index (χ1n) is 7.66. The SMILES string of the molecule is CC1(C)O[C@@H]2C(CO)OC3(CC34C=CCC(C(N)=O)=C4)[C@@H]2O1. The summed E-state index contributed by atoms with van der Waals surface area (Å²) in [4.78, 5) is 11.5. The molecular weight excluding hydrogens is 286 g/mol. The van der Waals surface area contributed by atoms with Gasteiger partial charge in [0, 0.05) is 11.0 Å². The van der Waals surface area contributed by atoms with Crippen LogP contribution >= 0.6 is 0 Å². The summed E-state index contributed by atoms with van der Waals surface area (Å²) in [6, 6.07) is 0. The maximum absolute atomic E-state index is 11.5. The number of hydrogen-bond donors (Lipinski definition) is 2. The van der Waals surface area contributed by atoms with Crippen molar-refractivity contribution in [2.45, 2.75) is 56.4 Å². The van der Waals surface area contributed by atoms with Gasteiger partial charge in [-0.05, 0) is 26.7 Å². The number of allylic oxidation sites excluding steroid dienone is 1. The van der Waals surface area contributed by atoms with Gasteiger partial charge in [0.2, 0.25) is 5.91 Å². The van der Waals surface area contributed by atoms with E-state index in [0.717, 1.165) is 0 Å². The minimum absolute atomic E-state index is 0.117. The summed E-state index contributed by atoms with van der Waals surface area (Å²) in [5.41, 5.74) is 5.07. The second kappa shape index (κ2) is 4.20. The molecule has 0 radical (unpaired) electrons. The van der Waals surface area contributed by atoms with Crippen LogP contribution in [0.25, 0.3) is 0 Å². The number of carbonyl (C=O) groups is 1. The van der Waals surface area contributed by atoms with Crippen molar-refractivity contribution < 1.29 is 24.1 Å². The Bertz CT molecular complexity index is 597. The first-order valence-corrected chi connectivity index (χ1v) is 7.66. The third kappa shape index (κ3) is 1.72. The summed E-state index contributed by atoms with van der Waals surface area (Å²) in [7, 11) is 0. The van der Waals surface area contributed by atoms with E-state index >= 15 is 0 Å². The van der Waals surface area contributed by atoms with Gasteiger partial charge in [0.25, 0.3) is 0 Å². The number of carbonyl (C=O) groups excluding carboxylic acids is 1. The predicted octanol–water partition coefficient (Wildman–Crippen LogP) is 0.398. The highest BCUT2D eigenvalue weighted by atomic mass is 16.8. The Kier molecular flexibility index (Phi) is 2.75. The highest BCUT2D eigenvalue weighted by Crippen LogP contribution is 2.70. The van der Waals surface area contributed by atoms with Gasteiger partial charge in [0.15, 0.2) is 5.79 Å². The zero-order valence-electron chi connectivity index (χ0n) is 12.7. The fourth-order valence-corrected chi connectivity index (χ4v) is 4.23. The largest absolute Gasteiger partial charge is 0.394 e. The number of amides is 1. The monoisotopic (exact) mass is 307 g/mol. The van der Waals surface area contributed by atoms with E-state index in [1.165, 1.54) is 0 Å². The molecule has 2 spiro atoms. The van der Waals surface area contributed by atoms with Crippen molar-refractivity contribution in [1.82, 2.24) is 0 Å². The summed E-state index contributed by atoms with van der Waals surface area (Å²) in [6.45, 7) is 3.61. The van der Waals surface area contributed by atoms with E-state index < -0.39 is 23.4 Å². The first-order chi connectivity index (χ1) is 10.3. The number of ether oxygens (including phenoxy) is 3. The molecule has 1 saturated carbocycles. The van der Waals surface area contributed by atoms with Crippen LogP contribution in [0.1, 0.15) is 26.7 Å². The van der Waals surface area contributed by atoms with Crippen LogP contribution in [0.4, 0.5) is 0 Å². The van der Waals surface area contributed by atoms with Gasteiger partial charge in [-0.3, -0.25) is 4.79 Å². The lowest BCUT2D eigenvalue weighted by molar-refractivity contribution is -0.197. The van der Waals surface area contributed by atoms with Crippen LogP contribution in [0.5, 0.6) is 0 Å². The third-order valence-electron chi connectivity index (χ3n) is 5.22. The highest BCUT2D eigenvalue weighted by molar-refractivity contribution is 5.93. The molecule has 4 aliphatic rings. The molecule has 3 unspecified atom stereocenters. The van der Waals surface area contributed by atoms with E-state index in [-0.39, 0.29) is 24.2 Å². The summed E-state index contributed by atoms with van der Waals surface area (Å²) < 4.78 is 18.1. The second-order valence-corrected chi connectivity index (χ2v) is 7.11. The topological polar surface area (TPSA) is 91.0 Å². The molecule has 3 N–H and O–H groups in total. The van der Waals surface area contributed by atoms with E-state index in [9.17, 15) is 9.90 Å². The molecule has 0 bridgehead atoms. The maximum atomic E-state index is 11.5. The van der Waals surface area contributed by atoms with Crippen LogP contribution in [-0.2, 0) is 19.0 Å². The van der Waals surface area contributed by atoms with Crippen molar-refractivity contribution in [3.8, 4) is 0 Å². The number of hydrogen-bond acceptors (Lipinski definition) is 5. The minimum Gasteiger partial charge on any atom is -0.394 e. The molecule has 0 aromatic rings. The average molecular weight is 307 g/mol. The van der Waals surface area contributed by atoms with Crippen LogP contribution in [0.3, 0.4) is 0 Å². The summed E-state index contributed by atoms with van der Waals surface area (Å²) in [5.74, 6) is -1.10. The number of nitrogens with two attached hydrogens (primary N) is 1.